The molecule has 0 bridgehead atoms. The summed E-state index contributed by atoms with van der Waals surface area (Å²) in [4.78, 5) is 14.0. The molecule has 3 nitrogen and oxygen atoms in total. The van der Waals surface area contributed by atoms with Gasteiger partial charge in [-0.1, -0.05) is 29.3 Å². The molecule has 0 aliphatic carbocycles. The number of nitrogens with one attached hydrogen (secondary N) is 1. The van der Waals surface area contributed by atoms with Crippen LogP contribution in [-0.2, 0) is 11.2 Å². The van der Waals surface area contributed by atoms with Gasteiger partial charge in [0.2, 0.25) is 5.91 Å². The molecule has 1 aliphatic heterocycles. The summed E-state index contributed by atoms with van der Waals surface area (Å²) >= 11 is 0. The molecule has 1 aromatic rings. The van der Waals surface area contributed by atoms with Gasteiger partial charge in [-0.05, 0) is 32.3 Å². The molecule has 1 amide bonds. The van der Waals surface area contributed by atoms with E-state index in [9.17, 15) is 4.79 Å². The van der Waals surface area contributed by atoms with Gasteiger partial charge in [0.15, 0.2) is 0 Å². The fourth-order valence-electron chi connectivity index (χ4n) is 2.73. The van der Waals surface area contributed by atoms with Crippen molar-refractivity contribution in [1.82, 2.24) is 10.2 Å². The molecule has 1 aromatic carbocycles. The van der Waals surface area contributed by atoms with E-state index in [1.54, 1.807) is 0 Å². The maximum absolute atomic E-state index is 12.0. The molecule has 104 valence electrons. The number of rotatable bonds is 4. The predicted octanol–water partition coefficient (Wildman–Crippen LogP) is 2.06. The van der Waals surface area contributed by atoms with Crippen LogP contribution in [-0.4, -0.2) is 37.0 Å². The van der Waals surface area contributed by atoms with E-state index in [0.29, 0.717) is 12.3 Å². The van der Waals surface area contributed by atoms with Gasteiger partial charge < -0.3 is 10.2 Å². The van der Waals surface area contributed by atoms with Crippen molar-refractivity contribution in [3.8, 4) is 0 Å². The first-order valence-electron chi connectivity index (χ1n) is 7.21. The molecule has 1 N–H and O–H groups in total. The van der Waals surface area contributed by atoms with Gasteiger partial charge in [-0.2, -0.15) is 0 Å². The number of carbonyl (C=O) groups excluding carboxylic acids is 1. The van der Waals surface area contributed by atoms with E-state index < -0.39 is 0 Å². The van der Waals surface area contributed by atoms with Crippen LogP contribution in [0.25, 0.3) is 0 Å². The van der Waals surface area contributed by atoms with Crippen LogP contribution < -0.4 is 5.32 Å². The first-order valence-corrected chi connectivity index (χ1v) is 7.21. The number of benzene rings is 1. The summed E-state index contributed by atoms with van der Waals surface area (Å²) in [5.74, 6) is 0.311. The average Bonchev–Trinajstić information content (AvgIpc) is 2.38. The zero-order chi connectivity index (χ0) is 13.7. The Kier molecular flexibility index (Phi) is 4.97. The first kappa shape index (κ1) is 14.1. The molecular weight excluding hydrogens is 236 g/mol. The van der Waals surface area contributed by atoms with Gasteiger partial charge in [0.05, 0.1) is 0 Å². The second-order valence-corrected chi connectivity index (χ2v) is 5.48. The number of hydrogen-bond acceptors (Lipinski definition) is 2. The minimum atomic E-state index is 0.311. The van der Waals surface area contributed by atoms with Gasteiger partial charge in [0.1, 0.15) is 0 Å². The molecule has 0 atom stereocenters. The standard InChI is InChI=1S/C16H24N2O/c1-13-10-14(2)12-15(11-13)4-3-5-16(19)18-8-6-17-7-9-18/h10-12,17H,3-9H2,1-2H3. The van der Waals surface area contributed by atoms with Gasteiger partial charge in [-0.3, -0.25) is 4.79 Å². The summed E-state index contributed by atoms with van der Waals surface area (Å²) in [6, 6.07) is 6.64. The van der Waals surface area contributed by atoms with Crippen molar-refractivity contribution in [3.05, 3.63) is 34.9 Å². The number of piperazine rings is 1. The van der Waals surface area contributed by atoms with Crippen LogP contribution >= 0.6 is 0 Å². The Morgan fingerprint density at radius 2 is 1.79 bits per heavy atom. The van der Waals surface area contributed by atoms with Crippen molar-refractivity contribution in [2.24, 2.45) is 0 Å². The molecular formula is C16H24N2O. The molecule has 1 saturated heterocycles. The Bertz CT molecular complexity index is 416. The highest BCUT2D eigenvalue weighted by Crippen LogP contribution is 2.12. The van der Waals surface area contributed by atoms with Gasteiger partial charge in [0, 0.05) is 32.6 Å². The minimum absolute atomic E-state index is 0.311. The van der Waals surface area contributed by atoms with Gasteiger partial charge in [-0.25, -0.2) is 0 Å². The van der Waals surface area contributed by atoms with Crippen LogP contribution in [0.5, 0.6) is 0 Å². The van der Waals surface area contributed by atoms with Crippen LogP contribution in [0, 0.1) is 13.8 Å². The van der Waals surface area contributed by atoms with Crippen LogP contribution in [0.3, 0.4) is 0 Å². The molecule has 0 unspecified atom stereocenters. The molecule has 0 radical (unpaired) electrons. The Morgan fingerprint density at radius 1 is 1.16 bits per heavy atom. The molecule has 0 saturated carbocycles. The summed E-state index contributed by atoms with van der Waals surface area (Å²) in [5.41, 5.74) is 3.97. The second kappa shape index (κ2) is 6.71. The molecule has 1 aliphatic rings. The fraction of sp³-hybridized carbons (Fsp3) is 0.562. The topological polar surface area (TPSA) is 32.3 Å². The normalized spacial score (nSPS) is 15.6. The molecule has 3 heteroatoms. The lowest BCUT2D eigenvalue weighted by molar-refractivity contribution is -0.131. The van der Waals surface area contributed by atoms with Crippen LogP contribution in [0.1, 0.15) is 29.5 Å². The molecule has 19 heavy (non-hydrogen) atoms. The van der Waals surface area contributed by atoms with Crippen molar-refractivity contribution >= 4 is 5.91 Å². The van der Waals surface area contributed by atoms with Crippen molar-refractivity contribution in [2.75, 3.05) is 26.2 Å². The molecule has 0 aromatic heterocycles. The Labute approximate surface area is 116 Å². The highest BCUT2D eigenvalue weighted by atomic mass is 16.2. The number of amides is 1. The third kappa shape index (κ3) is 4.35. The van der Waals surface area contributed by atoms with E-state index in [-0.39, 0.29) is 0 Å². The number of aryl methyl sites for hydroxylation is 3. The number of nitrogens with zero attached hydrogens (tertiary/aromatic N) is 1. The number of carbonyl (C=O) groups is 1. The maximum Gasteiger partial charge on any atom is 0.222 e. The Hall–Kier alpha value is -1.35. The van der Waals surface area contributed by atoms with Crippen molar-refractivity contribution in [3.63, 3.8) is 0 Å². The Balaban J connectivity index is 1.77. The molecule has 0 spiro atoms. The van der Waals surface area contributed by atoms with Crippen molar-refractivity contribution < 1.29 is 4.79 Å². The van der Waals surface area contributed by atoms with Crippen molar-refractivity contribution in [1.29, 1.82) is 0 Å². The lowest BCUT2D eigenvalue weighted by atomic mass is 10.0. The summed E-state index contributed by atoms with van der Waals surface area (Å²) in [7, 11) is 0. The minimum Gasteiger partial charge on any atom is -0.340 e. The fourth-order valence-corrected chi connectivity index (χ4v) is 2.73. The lowest BCUT2D eigenvalue weighted by Gasteiger charge is -2.27. The van der Waals surface area contributed by atoms with Gasteiger partial charge in [-0.15, -0.1) is 0 Å². The monoisotopic (exact) mass is 260 g/mol. The predicted molar refractivity (Wildman–Crippen MR) is 78.3 cm³/mol. The van der Waals surface area contributed by atoms with E-state index in [0.717, 1.165) is 39.0 Å². The highest BCUT2D eigenvalue weighted by Gasteiger charge is 2.15. The lowest BCUT2D eigenvalue weighted by Crippen LogP contribution is -2.46. The highest BCUT2D eigenvalue weighted by molar-refractivity contribution is 5.76. The zero-order valence-electron chi connectivity index (χ0n) is 12.0. The summed E-state index contributed by atoms with van der Waals surface area (Å²) in [6.45, 7) is 7.85. The van der Waals surface area contributed by atoms with Crippen LogP contribution in [0.4, 0.5) is 0 Å². The largest absolute Gasteiger partial charge is 0.340 e. The van der Waals surface area contributed by atoms with E-state index in [1.807, 2.05) is 4.90 Å². The number of hydrogen-bond donors (Lipinski definition) is 1. The summed E-state index contributed by atoms with van der Waals surface area (Å²) in [5, 5.41) is 3.27. The quantitative estimate of drug-likeness (QED) is 0.898. The van der Waals surface area contributed by atoms with Crippen molar-refractivity contribution in [2.45, 2.75) is 33.1 Å². The van der Waals surface area contributed by atoms with Gasteiger partial charge >= 0.3 is 0 Å². The van der Waals surface area contributed by atoms with Gasteiger partial charge in [0.25, 0.3) is 0 Å². The first-order chi connectivity index (χ1) is 9.15. The third-order valence-electron chi connectivity index (χ3n) is 3.61. The van der Waals surface area contributed by atoms with E-state index in [2.05, 4.69) is 37.4 Å². The smallest absolute Gasteiger partial charge is 0.222 e. The zero-order valence-corrected chi connectivity index (χ0v) is 12.0. The Morgan fingerprint density at radius 3 is 2.42 bits per heavy atom. The SMILES string of the molecule is Cc1cc(C)cc(CCCC(=O)N2CCNCC2)c1. The van der Waals surface area contributed by atoms with Crippen LogP contribution in [0.15, 0.2) is 18.2 Å². The third-order valence-corrected chi connectivity index (χ3v) is 3.61. The van der Waals surface area contributed by atoms with E-state index >= 15 is 0 Å². The molecule has 2 rings (SSSR count). The average molecular weight is 260 g/mol. The van der Waals surface area contributed by atoms with E-state index in [1.165, 1.54) is 16.7 Å². The second-order valence-electron chi connectivity index (χ2n) is 5.48. The van der Waals surface area contributed by atoms with Crippen LogP contribution in [0.2, 0.25) is 0 Å². The maximum atomic E-state index is 12.0. The molecule has 1 heterocycles. The summed E-state index contributed by atoms with van der Waals surface area (Å²) < 4.78 is 0. The molecule has 1 fully saturated rings. The summed E-state index contributed by atoms with van der Waals surface area (Å²) in [6.07, 6.45) is 2.62. The van der Waals surface area contributed by atoms with E-state index in [4.69, 9.17) is 0 Å².